The number of carbonyl (C=O) groups excluding carboxylic acids is 3. The molecule has 42 heavy (non-hydrogen) atoms. The monoisotopic (exact) mass is 628 g/mol. The Labute approximate surface area is 252 Å². The minimum Gasteiger partial charge on any atom is -0.467 e. The number of fused-ring (bicyclic) bond motifs is 2. The minimum absolute atomic E-state index is 0.000999. The van der Waals surface area contributed by atoms with Gasteiger partial charge in [0.2, 0.25) is 0 Å². The Morgan fingerprint density at radius 1 is 1.10 bits per heavy atom. The first-order valence-corrected chi connectivity index (χ1v) is 15.5. The fourth-order valence-electron chi connectivity index (χ4n) is 5.01. The molecule has 12 heteroatoms. The number of hydrogen-bond donors (Lipinski definition) is 1. The highest BCUT2D eigenvalue weighted by Gasteiger charge is 2.30. The molecule has 5 rings (SSSR count). The van der Waals surface area contributed by atoms with Crippen LogP contribution in [0, 0.1) is 0 Å². The summed E-state index contributed by atoms with van der Waals surface area (Å²) in [6, 6.07) is 13.7. The largest absolute Gasteiger partial charge is 0.467 e. The van der Waals surface area contributed by atoms with Gasteiger partial charge in [-0.2, -0.15) is 0 Å². The van der Waals surface area contributed by atoms with Crippen LogP contribution in [0.1, 0.15) is 37.4 Å². The van der Waals surface area contributed by atoms with E-state index in [-0.39, 0.29) is 39.4 Å². The van der Waals surface area contributed by atoms with E-state index < -0.39 is 27.8 Å². The Balaban J connectivity index is 1.36. The average Bonchev–Trinajstić information content (AvgIpc) is 3.43. The molecule has 3 aromatic carbocycles. The molecule has 1 aromatic heterocycles. The highest BCUT2D eigenvalue weighted by molar-refractivity contribution is 7.90. The summed E-state index contributed by atoms with van der Waals surface area (Å²) < 4.78 is 34.2. The maximum Gasteiger partial charge on any atom is 0.328 e. The predicted molar refractivity (Wildman–Crippen MR) is 158 cm³/mol. The van der Waals surface area contributed by atoms with Crippen LogP contribution in [0.15, 0.2) is 70.2 Å². The smallest absolute Gasteiger partial charge is 0.328 e. The molecule has 0 spiro atoms. The molecule has 0 aliphatic carbocycles. The van der Waals surface area contributed by atoms with E-state index >= 15 is 0 Å². The van der Waals surface area contributed by atoms with E-state index in [9.17, 15) is 22.8 Å². The number of hydrogen-bond acceptors (Lipinski definition) is 7. The van der Waals surface area contributed by atoms with E-state index in [0.717, 1.165) is 11.6 Å². The minimum atomic E-state index is -3.47. The first-order chi connectivity index (χ1) is 20.0. The van der Waals surface area contributed by atoms with Gasteiger partial charge in [-0.25, -0.2) is 13.2 Å². The summed E-state index contributed by atoms with van der Waals surface area (Å²) in [5, 5.41) is 3.74. The third kappa shape index (κ3) is 6.01. The van der Waals surface area contributed by atoms with Crippen LogP contribution in [0.3, 0.4) is 0 Å². The van der Waals surface area contributed by atoms with Crippen LogP contribution >= 0.6 is 23.2 Å². The molecule has 4 aromatic rings. The molecule has 2 heterocycles. The van der Waals surface area contributed by atoms with E-state index in [1.807, 2.05) is 12.1 Å². The molecular formula is C30H26Cl2N2O7S. The van der Waals surface area contributed by atoms with Crippen molar-refractivity contribution < 1.29 is 32.0 Å². The lowest BCUT2D eigenvalue weighted by Crippen LogP contribution is -2.43. The topological polar surface area (TPSA) is 123 Å². The normalized spacial score (nSPS) is 13.9. The van der Waals surface area contributed by atoms with Gasteiger partial charge in [-0.1, -0.05) is 41.4 Å². The van der Waals surface area contributed by atoms with Crippen molar-refractivity contribution in [1.29, 1.82) is 0 Å². The van der Waals surface area contributed by atoms with Gasteiger partial charge in [-0.05, 0) is 59.5 Å². The summed E-state index contributed by atoms with van der Waals surface area (Å²) in [5.74, 6) is -1.58. The zero-order chi connectivity index (χ0) is 30.2. The molecule has 1 aliphatic rings. The summed E-state index contributed by atoms with van der Waals surface area (Å²) >= 11 is 13.3. The molecule has 0 radical (unpaired) electrons. The zero-order valence-electron chi connectivity index (χ0n) is 22.6. The number of nitrogens with one attached hydrogen (secondary N) is 1. The van der Waals surface area contributed by atoms with E-state index in [2.05, 4.69) is 5.32 Å². The summed E-state index contributed by atoms with van der Waals surface area (Å²) in [7, 11) is -2.28. The maximum atomic E-state index is 13.4. The van der Waals surface area contributed by atoms with Gasteiger partial charge in [0, 0.05) is 36.7 Å². The van der Waals surface area contributed by atoms with Crippen molar-refractivity contribution in [2.75, 3.05) is 19.9 Å². The van der Waals surface area contributed by atoms with Crippen molar-refractivity contribution in [3.8, 4) is 0 Å². The van der Waals surface area contributed by atoms with Gasteiger partial charge >= 0.3 is 5.97 Å². The zero-order valence-corrected chi connectivity index (χ0v) is 25.0. The number of methoxy groups -OCH3 is 1. The predicted octanol–water partition coefficient (Wildman–Crippen LogP) is 4.86. The molecule has 0 saturated heterocycles. The SMILES string of the molecule is COC(=O)C(Cc1cccc(S(C)(=O)=O)c1)NC(=O)c1c(Cl)cc2c(c1Cl)CCN(C(=O)c1ccc3ccoc3c1)C2. The molecule has 0 bridgehead atoms. The Hall–Kier alpha value is -3.86. The molecule has 9 nitrogen and oxygen atoms in total. The lowest BCUT2D eigenvalue weighted by molar-refractivity contribution is -0.142. The van der Waals surface area contributed by atoms with Gasteiger partial charge in [0.15, 0.2) is 9.84 Å². The summed E-state index contributed by atoms with van der Waals surface area (Å²) in [5.41, 5.74) is 3.01. The standard InChI is InChI=1S/C30H26Cl2N2O7S/c1-40-30(37)24(13-17-4-3-5-21(12-17)42(2,38)39)33-28(35)26-23(31)14-20-16-34(10-8-22(20)27(26)32)29(36)19-7-6-18-9-11-41-25(18)15-19/h3-7,9,11-12,14-15,24H,8,10,13,16H2,1-2H3,(H,33,35). The van der Waals surface area contributed by atoms with E-state index in [1.165, 1.54) is 19.2 Å². The quantitative estimate of drug-likeness (QED) is 0.290. The number of furan rings is 1. The summed E-state index contributed by atoms with van der Waals surface area (Å²) in [6.07, 6.45) is 3.01. The number of amides is 2. The lowest BCUT2D eigenvalue weighted by Gasteiger charge is -2.30. The Morgan fingerprint density at radius 3 is 2.62 bits per heavy atom. The molecule has 0 fully saturated rings. The third-order valence-corrected chi connectivity index (χ3v) is 9.01. The van der Waals surface area contributed by atoms with Gasteiger partial charge in [-0.15, -0.1) is 0 Å². The van der Waals surface area contributed by atoms with Gasteiger partial charge in [0.1, 0.15) is 11.6 Å². The van der Waals surface area contributed by atoms with Gasteiger partial charge in [0.05, 0.1) is 33.9 Å². The molecular weight excluding hydrogens is 603 g/mol. The van der Waals surface area contributed by atoms with Crippen molar-refractivity contribution in [2.45, 2.75) is 30.3 Å². The second-order valence-electron chi connectivity index (χ2n) is 10.0. The number of ether oxygens (including phenoxy) is 1. The fourth-order valence-corrected chi connectivity index (χ4v) is 6.46. The summed E-state index contributed by atoms with van der Waals surface area (Å²) in [6.45, 7) is 0.610. The van der Waals surface area contributed by atoms with Crippen LogP contribution in [0.2, 0.25) is 10.0 Å². The van der Waals surface area contributed by atoms with Gasteiger partial charge in [-0.3, -0.25) is 9.59 Å². The van der Waals surface area contributed by atoms with Gasteiger partial charge in [0.25, 0.3) is 11.8 Å². The third-order valence-electron chi connectivity index (χ3n) is 7.18. The second kappa shape index (κ2) is 11.8. The van der Waals surface area contributed by atoms with Crippen molar-refractivity contribution in [1.82, 2.24) is 10.2 Å². The molecule has 218 valence electrons. The van der Waals surface area contributed by atoms with Crippen LogP contribution < -0.4 is 5.32 Å². The number of carbonyl (C=O) groups is 3. The molecule has 1 atom stereocenters. The van der Waals surface area contributed by atoms with Crippen molar-refractivity contribution >= 4 is 61.8 Å². The number of esters is 1. The van der Waals surface area contributed by atoms with Crippen LogP contribution in [0.4, 0.5) is 0 Å². The number of benzene rings is 3. The molecule has 1 unspecified atom stereocenters. The molecule has 0 saturated carbocycles. The fraction of sp³-hybridized carbons (Fsp3) is 0.233. The van der Waals surface area contributed by atoms with Crippen molar-refractivity contribution in [3.05, 3.63) is 98.7 Å². The van der Waals surface area contributed by atoms with E-state index in [0.29, 0.717) is 40.8 Å². The first-order valence-electron chi connectivity index (χ1n) is 12.9. The van der Waals surface area contributed by atoms with Crippen LogP contribution in [-0.4, -0.2) is 57.1 Å². The molecule has 2 amide bonds. The number of rotatable bonds is 7. The van der Waals surface area contributed by atoms with Crippen molar-refractivity contribution in [2.24, 2.45) is 0 Å². The number of halogens is 2. The Bertz CT molecular complexity index is 1830. The molecule has 1 aliphatic heterocycles. The maximum absolute atomic E-state index is 13.4. The Morgan fingerprint density at radius 2 is 1.88 bits per heavy atom. The summed E-state index contributed by atoms with van der Waals surface area (Å²) in [4.78, 5) is 41.0. The number of sulfone groups is 1. The van der Waals surface area contributed by atoms with Crippen LogP contribution in [0.25, 0.3) is 11.0 Å². The highest BCUT2D eigenvalue weighted by Crippen LogP contribution is 2.35. The van der Waals surface area contributed by atoms with E-state index in [4.69, 9.17) is 32.4 Å². The average molecular weight is 630 g/mol. The van der Waals surface area contributed by atoms with E-state index in [1.54, 1.807) is 41.5 Å². The first kappa shape index (κ1) is 29.6. The lowest BCUT2D eigenvalue weighted by atomic mass is 9.95. The Kier molecular flexibility index (Phi) is 8.32. The second-order valence-corrected chi connectivity index (χ2v) is 12.8. The number of nitrogens with zero attached hydrogens (tertiary/aromatic N) is 1. The van der Waals surface area contributed by atoms with Crippen LogP contribution in [-0.2, 0) is 38.8 Å². The van der Waals surface area contributed by atoms with Crippen molar-refractivity contribution in [3.63, 3.8) is 0 Å². The molecule has 1 N–H and O–H groups in total. The van der Waals surface area contributed by atoms with Gasteiger partial charge < -0.3 is 19.4 Å². The highest BCUT2D eigenvalue weighted by atomic mass is 35.5. The van der Waals surface area contributed by atoms with Crippen LogP contribution in [0.5, 0.6) is 0 Å².